The normalized spacial score (nSPS) is 44.8. The monoisotopic (exact) mass is 520 g/mol. The minimum absolute atomic E-state index is 0.0909. The highest BCUT2D eigenvalue weighted by Crippen LogP contribution is 2.68. The lowest BCUT2D eigenvalue weighted by Crippen LogP contribution is -2.77. The van der Waals surface area contributed by atoms with Crippen molar-refractivity contribution in [3.05, 3.63) is 11.6 Å². The summed E-state index contributed by atoms with van der Waals surface area (Å²) in [6.45, 7) is 9.18. The van der Waals surface area contributed by atoms with Crippen LogP contribution < -0.4 is 0 Å². The SMILES string of the molecule is C/C=C(\C)C(=O)O[C@H]1[C@H](OC(=O)C(C)C)C2(C)OC3(CCC2C2CCCC4(CO4)C21CO)COC(=O)C3. The minimum atomic E-state index is -1.07. The number of rotatable bonds is 5. The zero-order chi connectivity index (χ0) is 26.8. The first-order valence-corrected chi connectivity index (χ1v) is 13.6. The van der Waals surface area contributed by atoms with Crippen LogP contribution in [0, 0.1) is 23.2 Å². The Morgan fingerprint density at radius 2 is 1.86 bits per heavy atom. The molecule has 8 atom stereocenters. The molecule has 5 fully saturated rings. The Labute approximate surface area is 218 Å². The summed E-state index contributed by atoms with van der Waals surface area (Å²) in [5, 5.41) is 11.2. The van der Waals surface area contributed by atoms with Gasteiger partial charge in [0.05, 0.1) is 31.0 Å². The van der Waals surface area contributed by atoms with Gasteiger partial charge in [-0.15, -0.1) is 0 Å². The smallest absolute Gasteiger partial charge is 0.333 e. The van der Waals surface area contributed by atoms with E-state index in [4.69, 9.17) is 23.7 Å². The molecule has 5 aliphatic rings. The van der Waals surface area contributed by atoms with Crippen molar-refractivity contribution in [3.63, 3.8) is 0 Å². The Kier molecular flexibility index (Phi) is 6.52. The molecule has 1 N–H and O–H groups in total. The fraction of sp³-hybridized carbons (Fsp3) is 0.821. The van der Waals surface area contributed by atoms with Crippen LogP contribution in [0.1, 0.15) is 73.1 Å². The Hall–Kier alpha value is -1.97. The molecule has 3 saturated heterocycles. The molecular formula is C28H40O9. The Morgan fingerprint density at radius 3 is 2.43 bits per heavy atom. The van der Waals surface area contributed by atoms with E-state index < -0.39 is 52.3 Å². The van der Waals surface area contributed by atoms with Crippen LogP contribution >= 0.6 is 0 Å². The van der Waals surface area contributed by atoms with Gasteiger partial charge in [-0.2, -0.15) is 0 Å². The molecule has 2 spiro atoms. The number of fused-ring (bicyclic) bond motifs is 4. The molecule has 2 aliphatic carbocycles. The van der Waals surface area contributed by atoms with Crippen molar-refractivity contribution in [2.75, 3.05) is 19.8 Å². The van der Waals surface area contributed by atoms with Crippen LogP contribution in [0.15, 0.2) is 11.6 Å². The summed E-state index contributed by atoms with van der Waals surface area (Å²) in [5.41, 5.74) is -3.06. The maximum absolute atomic E-state index is 13.3. The molecule has 0 radical (unpaired) electrons. The number of ether oxygens (including phenoxy) is 5. The number of esters is 3. The van der Waals surface area contributed by atoms with Crippen molar-refractivity contribution in [1.82, 2.24) is 0 Å². The van der Waals surface area contributed by atoms with Gasteiger partial charge in [0, 0.05) is 5.57 Å². The first-order chi connectivity index (χ1) is 17.5. The number of carbonyl (C=O) groups excluding carboxylic acids is 3. The number of hydrogen-bond acceptors (Lipinski definition) is 9. The van der Waals surface area contributed by atoms with Crippen molar-refractivity contribution in [2.45, 2.75) is 102 Å². The van der Waals surface area contributed by atoms with Gasteiger partial charge >= 0.3 is 17.9 Å². The molecular weight excluding hydrogens is 480 g/mol. The van der Waals surface area contributed by atoms with E-state index in [1.165, 1.54) is 0 Å². The van der Waals surface area contributed by atoms with E-state index in [1.807, 2.05) is 6.92 Å². The molecule has 0 aromatic heterocycles. The number of epoxide rings is 1. The van der Waals surface area contributed by atoms with Gasteiger partial charge in [-0.1, -0.05) is 26.3 Å². The average Bonchev–Trinajstić information content (AvgIpc) is 3.55. The molecule has 37 heavy (non-hydrogen) atoms. The number of allylic oxidation sites excluding steroid dienone is 1. The van der Waals surface area contributed by atoms with E-state index in [-0.39, 0.29) is 37.4 Å². The predicted octanol–water partition coefficient (Wildman–Crippen LogP) is 2.86. The summed E-state index contributed by atoms with van der Waals surface area (Å²) in [4.78, 5) is 38.6. The molecule has 2 saturated carbocycles. The lowest BCUT2D eigenvalue weighted by atomic mass is 9.45. The third-order valence-electron chi connectivity index (χ3n) is 9.94. The summed E-state index contributed by atoms with van der Waals surface area (Å²) in [6.07, 6.45) is 3.59. The first-order valence-electron chi connectivity index (χ1n) is 13.6. The number of aliphatic hydroxyl groups is 1. The van der Waals surface area contributed by atoms with Gasteiger partial charge in [-0.25, -0.2) is 4.79 Å². The molecule has 0 amide bonds. The van der Waals surface area contributed by atoms with E-state index in [0.29, 0.717) is 25.0 Å². The highest BCUT2D eigenvalue weighted by molar-refractivity contribution is 5.88. The topological polar surface area (TPSA) is 121 Å². The van der Waals surface area contributed by atoms with E-state index in [9.17, 15) is 19.5 Å². The minimum Gasteiger partial charge on any atom is -0.463 e. The Bertz CT molecular complexity index is 1000. The summed E-state index contributed by atoms with van der Waals surface area (Å²) >= 11 is 0. The molecule has 6 unspecified atom stereocenters. The van der Waals surface area contributed by atoms with Crippen LogP contribution in [0.25, 0.3) is 0 Å². The summed E-state index contributed by atoms with van der Waals surface area (Å²) < 4.78 is 30.8. The highest BCUT2D eigenvalue weighted by atomic mass is 16.6. The van der Waals surface area contributed by atoms with E-state index in [2.05, 4.69) is 0 Å². The average molecular weight is 521 g/mol. The molecule has 9 nitrogen and oxygen atoms in total. The van der Waals surface area contributed by atoms with Gasteiger partial charge in [-0.3, -0.25) is 9.59 Å². The quantitative estimate of drug-likeness (QED) is 0.252. The standard InChI is InChI=1S/C28H40O9/c1-6-17(4)24(32)36-22-21(35-23(31)16(2)3)25(5)18(9-11-26(37-25)12-20(30)33-14-26)19-8-7-10-27(15-34-27)28(19,22)13-29/h6,16,18-19,21-22,29H,7-15H2,1-5H3/b17-6+/t18?,19?,21-,22-,25?,26?,27?,28?/m0/s1. The van der Waals surface area contributed by atoms with Crippen LogP contribution in [0.2, 0.25) is 0 Å². The second-order valence-electron chi connectivity index (χ2n) is 12.2. The lowest BCUT2D eigenvalue weighted by molar-refractivity contribution is -0.333. The molecule has 0 aromatic carbocycles. The molecule has 206 valence electrons. The zero-order valence-corrected chi connectivity index (χ0v) is 22.5. The maximum atomic E-state index is 13.3. The molecule has 5 rings (SSSR count). The zero-order valence-electron chi connectivity index (χ0n) is 22.5. The summed E-state index contributed by atoms with van der Waals surface area (Å²) in [5.74, 6) is -1.91. The van der Waals surface area contributed by atoms with E-state index in [0.717, 1.165) is 19.3 Å². The van der Waals surface area contributed by atoms with E-state index >= 15 is 0 Å². The molecule has 0 aromatic rings. The second-order valence-corrected chi connectivity index (χ2v) is 12.2. The van der Waals surface area contributed by atoms with Gasteiger partial charge in [0.1, 0.15) is 23.4 Å². The summed E-state index contributed by atoms with van der Waals surface area (Å²) in [6, 6.07) is 0. The molecule has 3 heterocycles. The lowest BCUT2D eigenvalue weighted by Gasteiger charge is -2.66. The third-order valence-corrected chi connectivity index (χ3v) is 9.94. The van der Waals surface area contributed by atoms with Crippen LogP contribution in [0.4, 0.5) is 0 Å². The van der Waals surface area contributed by atoms with Crippen LogP contribution in [0.5, 0.6) is 0 Å². The largest absolute Gasteiger partial charge is 0.463 e. The van der Waals surface area contributed by atoms with Gasteiger partial charge in [0.25, 0.3) is 0 Å². The molecule has 0 bridgehead atoms. The Balaban J connectivity index is 1.66. The fourth-order valence-corrected chi connectivity index (χ4v) is 7.79. The van der Waals surface area contributed by atoms with Gasteiger partial charge in [0.15, 0.2) is 12.2 Å². The van der Waals surface area contributed by atoms with Gasteiger partial charge < -0.3 is 28.8 Å². The van der Waals surface area contributed by atoms with Crippen molar-refractivity contribution < 1.29 is 43.2 Å². The van der Waals surface area contributed by atoms with Crippen LogP contribution in [-0.4, -0.2) is 71.8 Å². The number of cyclic esters (lactones) is 1. The van der Waals surface area contributed by atoms with Crippen LogP contribution in [-0.2, 0) is 38.1 Å². The van der Waals surface area contributed by atoms with Crippen LogP contribution in [0.3, 0.4) is 0 Å². The number of carbonyl (C=O) groups is 3. The van der Waals surface area contributed by atoms with Crippen molar-refractivity contribution in [3.8, 4) is 0 Å². The predicted molar refractivity (Wildman–Crippen MR) is 130 cm³/mol. The fourth-order valence-electron chi connectivity index (χ4n) is 7.79. The van der Waals surface area contributed by atoms with Crippen molar-refractivity contribution >= 4 is 17.9 Å². The maximum Gasteiger partial charge on any atom is 0.333 e. The first kappa shape index (κ1) is 26.6. The Morgan fingerprint density at radius 1 is 1.14 bits per heavy atom. The second kappa shape index (κ2) is 9.06. The highest BCUT2D eigenvalue weighted by Gasteiger charge is 2.79. The van der Waals surface area contributed by atoms with Crippen molar-refractivity contribution in [1.29, 1.82) is 0 Å². The van der Waals surface area contributed by atoms with Gasteiger partial charge in [0.2, 0.25) is 0 Å². The number of hydrogen-bond donors (Lipinski definition) is 1. The summed E-state index contributed by atoms with van der Waals surface area (Å²) in [7, 11) is 0. The third kappa shape index (κ3) is 3.87. The van der Waals surface area contributed by atoms with Crippen molar-refractivity contribution in [2.24, 2.45) is 23.2 Å². The van der Waals surface area contributed by atoms with Gasteiger partial charge in [-0.05, 0) is 58.3 Å². The number of aliphatic hydroxyl groups excluding tert-OH is 1. The van der Waals surface area contributed by atoms with E-state index in [1.54, 1.807) is 33.8 Å². The molecule has 3 aliphatic heterocycles. The molecule has 9 heteroatoms.